The molecule has 0 saturated heterocycles. The number of aromatic hydroxyl groups is 2. The Balaban J connectivity index is 1.94. The first-order valence-electron chi connectivity index (χ1n) is 8.36. The third-order valence-electron chi connectivity index (χ3n) is 4.37. The van der Waals surface area contributed by atoms with Crippen LogP contribution in [0.25, 0.3) is 0 Å². The molecule has 23 heteroatoms. The van der Waals surface area contributed by atoms with Gasteiger partial charge in [-0.1, -0.05) is 0 Å². The number of nitro benzene ring substituents is 4. The standard InChI is InChI=1S/2C6H3N3O8.Pb/c2*10-5-2(7(12)13)1-3(8(14)15)6(11)4(5)9(16)17;/h2*1,10-11H;/q;;+4/p-2. The molecule has 2 aromatic carbocycles. The summed E-state index contributed by atoms with van der Waals surface area (Å²) in [5.74, 6) is -5.29. The van der Waals surface area contributed by atoms with Gasteiger partial charge in [-0.15, -0.1) is 0 Å². The van der Waals surface area contributed by atoms with Gasteiger partial charge >= 0.3 is 193 Å². The molecule has 0 amide bonds. The Kier molecular flexibility index (Phi) is 4.95. The fourth-order valence-electron chi connectivity index (χ4n) is 2.97. The molecule has 0 atom stereocenters. The first-order chi connectivity index (χ1) is 16.3. The van der Waals surface area contributed by atoms with Gasteiger partial charge in [-0.05, 0) is 0 Å². The van der Waals surface area contributed by atoms with E-state index < -0.39 is 110 Å². The molecule has 180 valence electrons. The van der Waals surface area contributed by atoms with E-state index in [1.807, 2.05) is 0 Å². The topological polar surface area (TPSA) is 290 Å². The van der Waals surface area contributed by atoms with Gasteiger partial charge < -0.3 is 0 Å². The Morgan fingerprint density at radius 2 is 0.971 bits per heavy atom. The summed E-state index contributed by atoms with van der Waals surface area (Å²) >= 11 is -6.56. The summed E-state index contributed by atoms with van der Waals surface area (Å²) in [6.45, 7) is 0. The van der Waals surface area contributed by atoms with Crippen LogP contribution in [0.4, 0.5) is 34.1 Å². The van der Waals surface area contributed by atoms with Gasteiger partial charge in [-0.3, -0.25) is 0 Å². The molecule has 0 radical (unpaired) electrons. The normalized spacial score (nSPS) is 15.0. The molecule has 0 unspecified atom stereocenters. The Morgan fingerprint density at radius 1 is 0.657 bits per heavy atom. The predicted octanol–water partition coefficient (Wildman–Crippen LogP) is 1.34. The van der Waals surface area contributed by atoms with E-state index in [0.717, 1.165) is 0 Å². The van der Waals surface area contributed by atoms with Crippen LogP contribution in [-0.4, -0.2) is 62.7 Å². The fraction of sp³-hybridized carbons (Fsp3) is 0. The van der Waals surface area contributed by atoms with Gasteiger partial charge in [0.25, 0.3) is 0 Å². The van der Waals surface area contributed by atoms with Crippen molar-refractivity contribution in [3.8, 4) is 23.0 Å². The molecule has 2 aromatic rings. The number of rotatable bonds is 4. The van der Waals surface area contributed by atoms with Crippen molar-refractivity contribution in [2.75, 3.05) is 0 Å². The number of phenols is 2. The molecule has 35 heavy (non-hydrogen) atoms. The van der Waals surface area contributed by atoms with E-state index in [-0.39, 0.29) is 12.1 Å². The second-order valence-corrected chi connectivity index (χ2v) is 13.2. The molecule has 1 spiro atoms. The van der Waals surface area contributed by atoms with Crippen molar-refractivity contribution in [1.29, 1.82) is 0 Å². The van der Waals surface area contributed by atoms with Crippen molar-refractivity contribution in [2.45, 2.75) is 0 Å². The second kappa shape index (κ2) is 7.50. The van der Waals surface area contributed by atoms with Crippen molar-refractivity contribution >= 4 is 57.1 Å². The van der Waals surface area contributed by atoms with Crippen LogP contribution in [-0.2, 0) is 5.58 Å². The van der Waals surface area contributed by atoms with Gasteiger partial charge in [0.15, 0.2) is 0 Å². The zero-order chi connectivity index (χ0) is 26.0. The number of nitro groups is 4. The van der Waals surface area contributed by atoms with Crippen molar-refractivity contribution in [1.82, 2.24) is 0 Å². The van der Waals surface area contributed by atoms with Crippen LogP contribution in [0.2, 0.25) is 0 Å². The van der Waals surface area contributed by atoms with Crippen LogP contribution in [0.5, 0.6) is 23.0 Å². The van der Waals surface area contributed by atoms with E-state index in [1.54, 1.807) is 0 Å². The number of phenolic OH excluding ortho intramolecular Hbond substituents is 2. The van der Waals surface area contributed by atoms with Crippen LogP contribution >= 0.6 is 0 Å². The minimum absolute atomic E-state index is 0.207. The molecule has 2 aliphatic heterocycles. The molecule has 0 aromatic heterocycles. The average Bonchev–Trinajstić information content (AvgIpc) is 2.72. The molecule has 4 rings (SSSR count). The first-order valence-corrected chi connectivity index (χ1v) is 14.7. The third-order valence-corrected chi connectivity index (χ3v) is 10.9. The zero-order valence-corrected chi connectivity index (χ0v) is 19.8. The summed E-state index contributed by atoms with van der Waals surface area (Å²) in [7, 11) is 0. The van der Waals surface area contributed by atoms with Gasteiger partial charge in [0.1, 0.15) is 0 Å². The van der Waals surface area contributed by atoms with Gasteiger partial charge in [0.05, 0.1) is 0 Å². The van der Waals surface area contributed by atoms with Crippen molar-refractivity contribution in [2.24, 2.45) is 0 Å². The van der Waals surface area contributed by atoms with Crippen LogP contribution in [0.15, 0.2) is 12.1 Å². The summed E-state index contributed by atoms with van der Waals surface area (Å²) in [5.41, 5.74) is -7.74. The molecule has 0 aliphatic carbocycles. The molecular weight excluding hydrogens is 691 g/mol. The van der Waals surface area contributed by atoms with E-state index in [9.17, 15) is 60.5 Å². The maximum absolute atomic E-state index is 12.5. The van der Waals surface area contributed by atoms with Crippen molar-refractivity contribution in [3.63, 3.8) is 0 Å². The number of nitrogens with zero attached hydrogens (tertiary/aromatic N) is 6. The molecule has 0 fully saturated rings. The van der Waals surface area contributed by atoms with Gasteiger partial charge in [-0.25, -0.2) is 0 Å². The molecule has 2 aliphatic rings. The van der Waals surface area contributed by atoms with Crippen molar-refractivity contribution < 1.29 is 50.7 Å². The van der Waals surface area contributed by atoms with Crippen LogP contribution in [0.1, 0.15) is 0 Å². The third kappa shape index (κ3) is 3.38. The van der Waals surface area contributed by atoms with E-state index in [4.69, 9.17) is 10.9 Å². The van der Waals surface area contributed by atoms with E-state index in [0.29, 0.717) is 0 Å². The summed E-state index contributed by atoms with van der Waals surface area (Å²) < 4.78 is 19.7. The fourth-order valence-corrected chi connectivity index (χ4v) is 9.64. The Morgan fingerprint density at radius 3 is 1.26 bits per heavy atom. The quantitative estimate of drug-likeness (QED) is 0.259. The summed E-state index contributed by atoms with van der Waals surface area (Å²) in [4.78, 5) is 63.4. The van der Waals surface area contributed by atoms with Crippen LogP contribution in [0, 0.1) is 50.3 Å². The van der Waals surface area contributed by atoms with Crippen LogP contribution in [0.3, 0.4) is 0 Å². The number of hydrogen-bond donors (Lipinski definition) is 2. The van der Waals surface area contributed by atoms with Gasteiger partial charge in [0.2, 0.25) is 0 Å². The van der Waals surface area contributed by atoms with E-state index >= 15 is 0 Å². The summed E-state index contributed by atoms with van der Waals surface area (Å²) in [6, 6.07) is 0.413. The van der Waals surface area contributed by atoms with E-state index in [1.165, 1.54) is 0 Å². The zero-order valence-electron chi connectivity index (χ0n) is 15.9. The van der Waals surface area contributed by atoms with Crippen molar-refractivity contribution in [3.05, 3.63) is 62.4 Å². The monoisotopic (exact) mass is 696 g/mol. The predicted molar refractivity (Wildman–Crippen MR) is 98.6 cm³/mol. The SMILES string of the molecule is O=[N+]([O-])c1cc([N+](=O)[O-])c2c(c1O)[N+](=O)[O][Pb]1([O]2)[O]c2c([N+](=O)[O-])cc([N+](=O)[O-])c(O)c2[N+](=O)[O]1. The molecule has 22 nitrogen and oxygen atoms in total. The molecule has 2 heterocycles. The van der Waals surface area contributed by atoms with E-state index in [2.05, 4.69) is 0 Å². The Labute approximate surface area is 193 Å². The molecular formula is C12H4N6O16Pb+2. The van der Waals surface area contributed by atoms with Gasteiger partial charge in [-0.2, -0.15) is 0 Å². The molecule has 2 N–H and O–H groups in total. The molecule has 0 saturated carbocycles. The number of hydrogen-bond acceptors (Lipinski definition) is 16. The second-order valence-electron chi connectivity index (χ2n) is 6.31. The minimum atomic E-state index is -6.56. The van der Waals surface area contributed by atoms with Gasteiger partial charge in [0, 0.05) is 0 Å². The van der Waals surface area contributed by atoms with Crippen LogP contribution < -0.4 is 5.37 Å². The number of fused-ring (bicyclic) bond motifs is 2. The number of benzene rings is 2. The Bertz CT molecular complexity index is 1330. The Hall–Kier alpha value is -5.04. The maximum atomic E-state index is 12.5. The summed E-state index contributed by atoms with van der Waals surface area (Å²) in [5, 5.41) is 65.1. The average molecular weight is 695 g/mol. The first kappa shape index (κ1) is 23.1. The molecule has 0 bridgehead atoms. The summed E-state index contributed by atoms with van der Waals surface area (Å²) in [6.07, 6.45) is 0.